The summed E-state index contributed by atoms with van der Waals surface area (Å²) in [5.74, 6) is 1.62. The lowest BCUT2D eigenvalue weighted by Crippen LogP contribution is -2.46. The Kier molecular flexibility index (Phi) is 3.81. The molecule has 2 atom stereocenters. The summed E-state index contributed by atoms with van der Waals surface area (Å²) in [4.78, 5) is 14.5. The number of pyridine rings is 1. The second-order valence-corrected chi connectivity index (χ2v) is 6.90. The van der Waals surface area contributed by atoms with Crippen molar-refractivity contribution < 1.29 is 9.84 Å². The van der Waals surface area contributed by atoms with Crippen molar-refractivity contribution in [3.8, 4) is 11.5 Å². The maximum absolute atomic E-state index is 12.1. The second-order valence-electron chi connectivity index (χ2n) is 6.90. The second kappa shape index (κ2) is 5.98. The number of aromatic nitrogens is 1. The van der Waals surface area contributed by atoms with Crippen LogP contribution in [-0.2, 0) is 13.1 Å². The van der Waals surface area contributed by atoms with Crippen LogP contribution in [0.5, 0.6) is 11.5 Å². The van der Waals surface area contributed by atoms with Crippen LogP contribution in [0, 0.1) is 5.92 Å². The van der Waals surface area contributed by atoms with Crippen molar-refractivity contribution in [1.29, 1.82) is 0 Å². The molecule has 5 nitrogen and oxygen atoms in total. The third kappa shape index (κ3) is 2.69. The molecule has 1 aromatic carbocycles. The molecule has 24 heavy (non-hydrogen) atoms. The number of hydrogen-bond donors (Lipinski definition) is 1. The fraction of sp³-hybridized carbons (Fsp3) is 0.421. The number of nitrogens with zero attached hydrogens (tertiary/aromatic N) is 2. The number of phenolic OH excluding ortho intramolecular Hbond substituents is 1. The van der Waals surface area contributed by atoms with Gasteiger partial charge in [0.05, 0.1) is 7.11 Å². The van der Waals surface area contributed by atoms with Gasteiger partial charge >= 0.3 is 0 Å². The first-order chi connectivity index (χ1) is 11.6. The van der Waals surface area contributed by atoms with Crippen molar-refractivity contribution in [3.05, 3.63) is 58.0 Å². The normalized spacial score (nSPS) is 22.9. The molecule has 0 radical (unpaired) electrons. The summed E-state index contributed by atoms with van der Waals surface area (Å²) >= 11 is 0. The van der Waals surface area contributed by atoms with Crippen LogP contribution < -0.4 is 10.3 Å². The highest BCUT2D eigenvalue weighted by Gasteiger charge is 2.34. The Hall–Kier alpha value is -2.27. The lowest BCUT2D eigenvalue weighted by molar-refractivity contribution is 0.114. The Bertz CT molecular complexity index is 814. The van der Waals surface area contributed by atoms with Gasteiger partial charge in [-0.3, -0.25) is 9.69 Å². The minimum Gasteiger partial charge on any atom is -0.504 e. The largest absolute Gasteiger partial charge is 0.504 e. The molecule has 1 fully saturated rings. The first kappa shape index (κ1) is 15.3. The minimum absolute atomic E-state index is 0.121. The van der Waals surface area contributed by atoms with E-state index in [1.807, 2.05) is 22.8 Å². The summed E-state index contributed by atoms with van der Waals surface area (Å²) < 4.78 is 7.06. The van der Waals surface area contributed by atoms with E-state index in [4.69, 9.17) is 4.74 Å². The van der Waals surface area contributed by atoms with Gasteiger partial charge in [0.15, 0.2) is 11.5 Å². The Morgan fingerprint density at radius 2 is 2.08 bits per heavy atom. The van der Waals surface area contributed by atoms with E-state index in [1.165, 1.54) is 5.69 Å². The molecule has 0 amide bonds. The Labute approximate surface area is 141 Å². The van der Waals surface area contributed by atoms with Crippen LogP contribution in [0.1, 0.15) is 23.6 Å². The molecule has 0 aliphatic carbocycles. The molecule has 1 saturated heterocycles. The van der Waals surface area contributed by atoms with Gasteiger partial charge in [0.1, 0.15) is 0 Å². The van der Waals surface area contributed by atoms with Gasteiger partial charge in [-0.25, -0.2) is 0 Å². The van der Waals surface area contributed by atoms with Crippen LogP contribution in [-0.4, -0.2) is 34.8 Å². The average Bonchev–Trinajstić information content (AvgIpc) is 2.56. The molecule has 2 aliphatic rings. The quantitative estimate of drug-likeness (QED) is 0.939. The number of benzene rings is 1. The van der Waals surface area contributed by atoms with Gasteiger partial charge < -0.3 is 14.4 Å². The molecule has 126 valence electrons. The topological polar surface area (TPSA) is 54.7 Å². The smallest absolute Gasteiger partial charge is 0.250 e. The molecule has 5 heteroatoms. The SMILES string of the molecule is COc1ccc(CN2C[C@H]3C[C@H](C2)c2cccc(=O)n2C3)cc1O. The molecule has 0 unspecified atom stereocenters. The van der Waals surface area contributed by atoms with Crippen molar-refractivity contribution >= 4 is 0 Å². The van der Waals surface area contributed by atoms with Crippen molar-refractivity contribution in [2.24, 2.45) is 5.92 Å². The zero-order valence-corrected chi connectivity index (χ0v) is 13.8. The molecular weight excluding hydrogens is 304 g/mol. The van der Waals surface area contributed by atoms with Crippen LogP contribution >= 0.6 is 0 Å². The fourth-order valence-electron chi connectivity index (χ4n) is 4.22. The Morgan fingerprint density at radius 1 is 1.21 bits per heavy atom. The summed E-state index contributed by atoms with van der Waals surface area (Å²) in [7, 11) is 1.56. The molecule has 1 N–H and O–H groups in total. The average molecular weight is 326 g/mol. The first-order valence-electron chi connectivity index (χ1n) is 8.42. The van der Waals surface area contributed by atoms with Gasteiger partial charge in [0.25, 0.3) is 5.56 Å². The number of rotatable bonds is 3. The van der Waals surface area contributed by atoms with Crippen molar-refractivity contribution in [2.45, 2.75) is 25.4 Å². The van der Waals surface area contributed by atoms with Gasteiger partial charge in [-0.2, -0.15) is 0 Å². The summed E-state index contributed by atoms with van der Waals surface area (Å²) in [6.45, 7) is 3.56. The number of phenols is 1. The maximum atomic E-state index is 12.1. The van der Waals surface area contributed by atoms with E-state index in [2.05, 4.69) is 11.0 Å². The molecule has 0 spiro atoms. The van der Waals surface area contributed by atoms with E-state index in [1.54, 1.807) is 19.2 Å². The van der Waals surface area contributed by atoms with E-state index < -0.39 is 0 Å². The monoisotopic (exact) mass is 326 g/mol. The number of likely N-dealkylation sites (tertiary alicyclic amines) is 1. The van der Waals surface area contributed by atoms with E-state index in [0.29, 0.717) is 17.6 Å². The molecule has 3 heterocycles. The van der Waals surface area contributed by atoms with Gasteiger partial charge in [-0.05, 0) is 36.1 Å². The number of ether oxygens (including phenoxy) is 1. The zero-order valence-electron chi connectivity index (χ0n) is 13.8. The lowest BCUT2D eigenvalue weighted by Gasteiger charge is -2.42. The van der Waals surface area contributed by atoms with Gasteiger partial charge in [0.2, 0.25) is 0 Å². The molecule has 2 aromatic rings. The Balaban J connectivity index is 1.54. The highest BCUT2D eigenvalue weighted by atomic mass is 16.5. The van der Waals surface area contributed by atoms with Gasteiger partial charge in [-0.15, -0.1) is 0 Å². The number of hydrogen-bond acceptors (Lipinski definition) is 4. The Morgan fingerprint density at radius 3 is 2.88 bits per heavy atom. The summed E-state index contributed by atoms with van der Waals surface area (Å²) in [6, 6.07) is 11.2. The third-order valence-corrected chi connectivity index (χ3v) is 5.20. The molecule has 0 saturated carbocycles. The van der Waals surface area contributed by atoms with Crippen LogP contribution in [0.15, 0.2) is 41.2 Å². The van der Waals surface area contributed by atoms with Crippen molar-refractivity contribution in [2.75, 3.05) is 20.2 Å². The molecular formula is C19H22N2O3. The van der Waals surface area contributed by atoms with Crippen LogP contribution in [0.2, 0.25) is 0 Å². The predicted molar refractivity (Wildman–Crippen MR) is 91.5 cm³/mol. The standard InChI is InChI=1S/C19H22N2O3/c1-24-18-6-5-13(8-17(18)22)9-20-10-14-7-15(12-20)16-3-2-4-19(23)21(16)11-14/h2-6,8,14-15,22H,7,9-12H2,1H3/t14-,15-/m1/s1. The minimum atomic E-state index is 0.121. The van der Waals surface area contributed by atoms with E-state index >= 15 is 0 Å². The van der Waals surface area contributed by atoms with Gasteiger partial charge in [0, 0.05) is 43.9 Å². The van der Waals surface area contributed by atoms with Crippen LogP contribution in [0.3, 0.4) is 0 Å². The molecule has 1 aromatic heterocycles. The number of methoxy groups -OCH3 is 1. The summed E-state index contributed by atoms with van der Waals surface area (Å²) in [6.07, 6.45) is 1.16. The summed E-state index contributed by atoms with van der Waals surface area (Å²) in [5, 5.41) is 9.96. The van der Waals surface area contributed by atoms with E-state index in [-0.39, 0.29) is 11.3 Å². The lowest BCUT2D eigenvalue weighted by atomic mass is 9.83. The molecule has 4 rings (SSSR count). The third-order valence-electron chi connectivity index (χ3n) is 5.20. The van der Waals surface area contributed by atoms with Crippen LogP contribution in [0.25, 0.3) is 0 Å². The van der Waals surface area contributed by atoms with Crippen LogP contribution in [0.4, 0.5) is 0 Å². The zero-order chi connectivity index (χ0) is 16.7. The summed E-state index contributed by atoms with van der Waals surface area (Å²) in [5.41, 5.74) is 2.37. The van der Waals surface area contributed by atoms with Crippen molar-refractivity contribution in [3.63, 3.8) is 0 Å². The molecule has 2 aliphatic heterocycles. The first-order valence-corrected chi connectivity index (χ1v) is 8.42. The fourth-order valence-corrected chi connectivity index (χ4v) is 4.22. The highest BCUT2D eigenvalue weighted by Crippen LogP contribution is 2.36. The number of aromatic hydroxyl groups is 1. The van der Waals surface area contributed by atoms with E-state index in [0.717, 1.165) is 38.2 Å². The van der Waals surface area contributed by atoms with Crippen molar-refractivity contribution in [1.82, 2.24) is 9.47 Å². The predicted octanol–water partition coefficient (Wildman–Crippen LogP) is 2.18. The number of piperidine rings is 1. The maximum Gasteiger partial charge on any atom is 0.250 e. The highest BCUT2D eigenvalue weighted by molar-refractivity contribution is 5.41. The van der Waals surface area contributed by atoms with Gasteiger partial charge in [-0.1, -0.05) is 12.1 Å². The molecule has 2 bridgehead atoms. The number of fused-ring (bicyclic) bond motifs is 4. The van der Waals surface area contributed by atoms with E-state index in [9.17, 15) is 9.90 Å².